The van der Waals surface area contributed by atoms with Gasteiger partial charge in [-0.15, -0.1) is 0 Å². The molecule has 1 aliphatic rings. The second kappa shape index (κ2) is 4.39. The number of rotatable bonds is 2. The minimum absolute atomic E-state index is 0.0477. The smallest absolute Gasteiger partial charge is 0.258 e. The molecule has 0 N–H and O–H groups in total. The van der Waals surface area contributed by atoms with Gasteiger partial charge in [-0.05, 0) is 23.8 Å². The molecule has 19 heavy (non-hydrogen) atoms. The van der Waals surface area contributed by atoms with Crippen molar-refractivity contribution in [3.05, 3.63) is 53.9 Å². The number of carbonyl (C=O) groups is 1. The van der Waals surface area contributed by atoms with E-state index in [4.69, 9.17) is 4.74 Å². The van der Waals surface area contributed by atoms with Gasteiger partial charge in [-0.25, -0.2) is 4.57 Å². The van der Waals surface area contributed by atoms with Crippen LogP contribution in [0, 0.1) is 0 Å². The highest BCUT2D eigenvalue weighted by Gasteiger charge is 2.29. The van der Waals surface area contributed by atoms with Gasteiger partial charge >= 0.3 is 0 Å². The summed E-state index contributed by atoms with van der Waals surface area (Å²) in [5.74, 6) is 0.833. The van der Waals surface area contributed by atoms with Crippen molar-refractivity contribution in [1.82, 2.24) is 0 Å². The minimum Gasteiger partial charge on any atom is -0.497 e. The molecule has 1 aliphatic heterocycles. The average Bonchev–Trinajstić information content (AvgIpc) is 2.76. The Morgan fingerprint density at radius 1 is 1.21 bits per heavy atom. The Bertz CT molecular complexity index is 635. The summed E-state index contributed by atoms with van der Waals surface area (Å²) in [7, 11) is 3.59. The molecule has 1 amide bonds. The fourth-order valence-corrected chi connectivity index (χ4v) is 2.31. The van der Waals surface area contributed by atoms with Gasteiger partial charge < -0.3 is 9.64 Å². The zero-order valence-electron chi connectivity index (χ0n) is 11.0. The van der Waals surface area contributed by atoms with Crippen molar-refractivity contribution in [3.8, 4) is 5.75 Å². The van der Waals surface area contributed by atoms with Crippen LogP contribution in [0.4, 0.5) is 5.69 Å². The van der Waals surface area contributed by atoms with Gasteiger partial charge in [-0.2, -0.15) is 0 Å². The van der Waals surface area contributed by atoms with E-state index in [0.29, 0.717) is 6.54 Å². The zero-order chi connectivity index (χ0) is 13.4. The van der Waals surface area contributed by atoms with Crippen LogP contribution in [0.1, 0.15) is 15.9 Å². The number of hydrogen-bond donors (Lipinski definition) is 0. The van der Waals surface area contributed by atoms with Crippen LogP contribution >= 0.6 is 0 Å². The molecule has 0 saturated heterocycles. The Morgan fingerprint density at radius 3 is 2.63 bits per heavy atom. The Kier molecular flexibility index (Phi) is 2.71. The summed E-state index contributed by atoms with van der Waals surface area (Å²) in [6.07, 6.45) is 3.87. The molecule has 4 nitrogen and oxygen atoms in total. The monoisotopic (exact) mass is 255 g/mol. The van der Waals surface area contributed by atoms with Crippen molar-refractivity contribution >= 4 is 11.6 Å². The molecule has 0 fully saturated rings. The number of fused-ring (bicyclic) bond motifs is 1. The van der Waals surface area contributed by atoms with E-state index in [1.165, 1.54) is 0 Å². The van der Waals surface area contributed by atoms with E-state index in [-0.39, 0.29) is 5.91 Å². The van der Waals surface area contributed by atoms with Gasteiger partial charge in [0.05, 0.1) is 19.3 Å². The summed E-state index contributed by atoms with van der Waals surface area (Å²) in [6.45, 7) is 0.596. The molecule has 0 saturated carbocycles. The van der Waals surface area contributed by atoms with Gasteiger partial charge in [0.25, 0.3) is 5.91 Å². The first-order valence-electron chi connectivity index (χ1n) is 6.13. The fraction of sp³-hybridized carbons (Fsp3) is 0.200. The summed E-state index contributed by atoms with van der Waals surface area (Å²) in [5, 5.41) is 0. The third kappa shape index (κ3) is 1.95. The molecule has 2 aromatic rings. The minimum atomic E-state index is 0.0477. The molecule has 0 radical (unpaired) electrons. The molecular weight excluding hydrogens is 240 g/mol. The summed E-state index contributed by atoms with van der Waals surface area (Å²) in [6, 6.07) is 9.48. The van der Waals surface area contributed by atoms with E-state index in [0.717, 1.165) is 22.6 Å². The summed E-state index contributed by atoms with van der Waals surface area (Å²) < 4.78 is 7.14. The quantitative estimate of drug-likeness (QED) is 0.765. The van der Waals surface area contributed by atoms with Gasteiger partial charge in [0.1, 0.15) is 12.8 Å². The van der Waals surface area contributed by atoms with Crippen LogP contribution in [-0.2, 0) is 13.6 Å². The first-order valence-corrected chi connectivity index (χ1v) is 6.13. The highest BCUT2D eigenvalue weighted by atomic mass is 16.5. The molecule has 2 heterocycles. The van der Waals surface area contributed by atoms with Gasteiger partial charge in [0, 0.05) is 17.7 Å². The Balaban J connectivity index is 1.96. The molecule has 0 aliphatic carbocycles. The number of nitrogens with zero attached hydrogens (tertiary/aromatic N) is 2. The SMILES string of the molecule is COc1ccc2c(c1)CN(c1cc[n+](C)cc1)C2=O. The number of ether oxygens (including phenoxy) is 1. The standard InChI is InChI=1S/C15H15N2O2/c1-16-7-5-12(6-8-16)17-10-11-9-13(19-2)3-4-14(11)15(17)18/h3-9H,10H2,1-2H3/q+1. The number of carbonyl (C=O) groups excluding carboxylic acids is 1. The third-order valence-electron chi connectivity index (χ3n) is 3.39. The summed E-state index contributed by atoms with van der Waals surface area (Å²) in [5.41, 5.74) is 2.69. The predicted molar refractivity (Wildman–Crippen MR) is 71.1 cm³/mol. The number of benzene rings is 1. The van der Waals surface area contributed by atoms with E-state index in [9.17, 15) is 4.79 Å². The Labute approximate surface area is 111 Å². The molecular formula is C15H15N2O2+. The number of aryl methyl sites for hydroxylation is 1. The van der Waals surface area contributed by atoms with E-state index >= 15 is 0 Å². The third-order valence-corrected chi connectivity index (χ3v) is 3.39. The highest BCUT2D eigenvalue weighted by Crippen LogP contribution is 2.30. The predicted octanol–water partition coefficient (Wildman–Crippen LogP) is 1.68. The van der Waals surface area contributed by atoms with E-state index < -0.39 is 0 Å². The molecule has 96 valence electrons. The second-order valence-corrected chi connectivity index (χ2v) is 4.64. The van der Waals surface area contributed by atoms with Crippen LogP contribution in [0.5, 0.6) is 5.75 Å². The zero-order valence-corrected chi connectivity index (χ0v) is 11.0. The first-order chi connectivity index (χ1) is 9.19. The molecule has 3 rings (SSSR count). The van der Waals surface area contributed by atoms with Gasteiger partial charge in [0.2, 0.25) is 0 Å². The Hall–Kier alpha value is -2.36. The molecule has 0 unspecified atom stereocenters. The maximum absolute atomic E-state index is 12.4. The van der Waals surface area contributed by atoms with Crippen molar-refractivity contribution in [1.29, 1.82) is 0 Å². The van der Waals surface area contributed by atoms with Crippen LogP contribution in [0.2, 0.25) is 0 Å². The van der Waals surface area contributed by atoms with Crippen LogP contribution in [0.25, 0.3) is 0 Å². The maximum atomic E-state index is 12.4. The molecule has 0 atom stereocenters. The summed E-state index contributed by atoms with van der Waals surface area (Å²) in [4.78, 5) is 14.1. The number of methoxy groups -OCH3 is 1. The van der Waals surface area contributed by atoms with Crippen LogP contribution in [-0.4, -0.2) is 13.0 Å². The lowest BCUT2D eigenvalue weighted by Crippen LogP contribution is -2.28. The fourth-order valence-electron chi connectivity index (χ4n) is 2.31. The van der Waals surface area contributed by atoms with Crippen LogP contribution < -0.4 is 14.2 Å². The van der Waals surface area contributed by atoms with E-state index in [1.807, 2.05) is 54.3 Å². The molecule has 4 heteroatoms. The van der Waals surface area contributed by atoms with Crippen molar-refractivity contribution < 1.29 is 14.1 Å². The normalized spacial score (nSPS) is 13.6. The lowest BCUT2D eigenvalue weighted by atomic mass is 10.1. The van der Waals surface area contributed by atoms with Crippen LogP contribution in [0.3, 0.4) is 0 Å². The van der Waals surface area contributed by atoms with Crippen molar-refractivity contribution in [3.63, 3.8) is 0 Å². The second-order valence-electron chi connectivity index (χ2n) is 4.64. The average molecular weight is 255 g/mol. The number of hydrogen-bond acceptors (Lipinski definition) is 2. The van der Waals surface area contributed by atoms with E-state index in [1.54, 1.807) is 12.0 Å². The van der Waals surface area contributed by atoms with Crippen molar-refractivity contribution in [2.24, 2.45) is 7.05 Å². The topological polar surface area (TPSA) is 33.4 Å². The number of anilines is 1. The highest BCUT2D eigenvalue weighted by molar-refractivity contribution is 6.10. The van der Waals surface area contributed by atoms with Crippen molar-refractivity contribution in [2.75, 3.05) is 12.0 Å². The largest absolute Gasteiger partial charge is 0.497 e. The van der Waals surface area contributed by atoms with Gasteiger partial charge in [0.15, 0.2) is 12.4 Å². The van der Waals surface area contributed by atoms with Crippen LogP contribution in [0.15, 0.2) is 42.7 Å². The molecule has 0 spiro atoms. The number of pyridine rings is 1. The summed E-state index contributed by atoms with van der Waals surface area (Å²) >= 11 is 0. The molecule has 1 aromatic heterocycles. The van der Waals surface area contributed by atoms with Gasteiger partial charge in [-0.1, -0.05) is 0 Å². The van der Waals surface area contributed by atoms with E-state index in [2.05, 4.69) is 0 Å². The maximum Gasteiger partial charge on any atom is 0.258 e. The number of aromatic nitrogens is 1. The molecule has 1 aromatic carbocycles. The number of amides is 1. The lowest BCUT2D eigenvalue weighted by Gasteiger charge is -2.14. The van der Waals surface area contributed by atoms with Gasteiger partial charge in [-0.3, -0.25) is 4.79 Å². The first kappa shape index (κ1) is 11.7. The molecule has 0 bridgehead atoms. The van der Waals surface area contributed by atoms with Crippen molar-refractivity contribution in [2.45, 2.75) is 6.54 Å². The Morgan fingerprint density at radius 2 is 1.95 bits per heavy atom. The lowest BCUT2D eigenvalue weighted by molar-refractivity contribution is -0.671.